The Morgan fingerprint density at radius 1 is 1.00 bits per heavy atom. The predicted molar refractivity (Wildman–Crippen MR) is 140 cm³/mol. The van der Waals surface area contributed by atoms with Crippen LogP contribution in [-0.4, -0.2) is 35.3 Å². The number of rotatable bonds is 7. The topological polar surface area (TPSA) is 74.2 Å². The van der Waals surface area contributed by atoms with Gasteiger partial charge in [0.2, 0.25) is 5.78 Å². The van der Waals surface area contributed by atoms with Gasteiger partial charge in [0.15, 0.2) is 10.9 Å². The van der Waals surface area contributed by atoms with Crippen LogP contribution in [0.1, 0.15) is 40.7 Å². The molecule has 35 heavy (non-hydrogen) atoms. The number of aromatic nitrogens is 5. The van der Waals surface area contributed by atoms with E-state index in [9.17, 15) is 9.59 Å². The summed E-state index contributed by atoms with van der Waals surface area (Å²) < 4.78 is 5.64. The first kappa shape index (κ1) is 23.1. The minimum absolute atomic E-state index is 0.0540. The average molecular weight is 486 g/mol. The molecular weight excluding hydrogens is 458 g/mol. The van der Waals surface area contributed by atoms with E-state index in [1.54, 1.807) is 4.57 Å². The molecule has 0 atom stereocenters. The van der Waals surface area contributed by atoms with Crippen molar-refractivity contribution in [3.8, 4) is 5.69 Å². The van der Waals surface area contributed by atoms with E-state index >= 15 is 0 Å². The molecule has 3 aromatic heterocycles. The number of carbonyl (C=O) groups is 1. The first-order valence-corrected chi connectivity index (χ1v) is 12.7. The lowest BCUT2D eigenvalue weighted by atomic mass is 10.2. The summed E-state index contributed by atoms with van der Waals surface area (Å²) in [5, 5.41) is 9.91. The van der Waals surface area contributed by atoms with E-state index in [1.165, 1.54) is 11.8 Å². The lowest BCUT2D eigenvalue weighted by Crippen LogP contribution is -2.21. The number of ketones is 1. The quantitative estimate of drug-likeness (QED) is 0.236. The number of para-hydroxylation sites is 1. The molecule has 0 aliphatic heterocycles. The largest absolute Gasteiger partial charge is 0.348 e. The Labute approximate surface area is 207 Å². The van der Waals surface area contributed by atoms with E-state index in [2.05, 4.69) is 21.7 Å². The van der Waals surface area contributed by atoms with E-state index in [0.717, 1.165) is 46.7 Å². The van der Waals surface area contributed by atoms with Crippen molar-refractivity contribution < 1.29 is 4.79 Å². The van der Waals surface area contributed by atoms with Gasteiger partial charge in [-0.2, -0.15) is 0 Å². The van der Waals surface area contributed by atoms with Crippen molar-refractivity contribution in [3.63, 3.8) is 0 Å². The van der Waals surface area contributed by atoms with Gasteiger partial charge in [-0.3, -0.25) is 14.0 Å². The Balaban J connectivity index is 1.57. The zero-order valence-corrected chi connectivity index (χ0v) is 21.1. The number of thioether (sulfide) groups is 1. The predicted octanol–water partition coefficient (Wildman–Crippen LogP) is 5.15. The molecule has 0 unspecified atom stereocenters. The van der Waals surface area contributed by atoms with Crippen LogP contribution in [0.4, 0.5) is 0 Å². The highest BCUT2D eigenvalue weighted by molar-refractivity contribution is 7.99. The SMILES string of the molecule is CCCn1c(C)cc(C(=O)CSc2nnc3n(-c4ccc(C)cc4)c(=O)c4ccccc4n23)c1C. The Hall–Kier alpha value is -3.65. The van der Waals surface area contributed by atoms with Gasteiger partial charge in [-0.25, -0.2) is 4.57 Å². The molecule has 0 radical (unpaired) electrons. The van der Waals surface area contributed by atoms with Gasteiger partial charge < -0.3 is 4.57 Å². The molecule has 0 amide bonds. The van der Waals surface area contributed by atoms with E-state index in [0.29, 0.717) is 16.3 Å². The van der Waals surface area contributed by atoms with Crippen molar-refractivity contribution in [3.05, 3.63) is 87.5 Å². The number of hydrogen-bond donors (Lipinski definition) is 0. The van der Waals surface area contributed by atoms with E-state index in [1.807, 2.05) is 79.8 Å². The normalized spacial score (nSPS) is 11.5. The number of carbonyl (C=O) groups excluding carboxylic acids is 1. The second-order valence-electron chi connectivity index (χ2n) is 8.76. The van der Waals surface area contributed by atoms with Crippen molar-refractivity contribution in [2.45, 2.75) is 45.8 Å². The maximum atomic E-state index is 13.4. The van der Waals surface area contributed by atoms with Crippen LogP contribution >= 0.6 is 11.8 Å². The van der Waals surface area contributed by atoms with Crippen molar-refractivity contribution >= 4 is 34.2 Å². The molecule has 0 N–H and O–H groups in total. The van der Waals surface area contributed by atoms with Gasteiger partial charge in [-0.15, -0.1) is 10.2 Å². The number of hydrogen-bond acceptors (Lipinski definition) is 5. The zero-order valence-electron chi connectivity index (χ0n) is 20.3. The van der Waals surface area contributed by atoms with Crippen LogP contribution in [0.3, 0.4) is 0 Å². The van der Waals surface area contributed by atoms with Crippen LogP contribution < -0.4 is 5.56 Å². The van der Waals surface area contributed by atoms with Gasteiger partial charge in [0.25, 0.3) is 5.56 Å². The third-order valence-electron chi connectivity index (χ3n) is 6.34. The standard InChI is InChI=1S/C27H27N5O2S/c1-5-14-30-18(3)15-22(19(30)4)24(33)16-35-27-29-28-26-31(20-12-10-17(2)11-13-20)25(34)21-8-6-7-9-23(21)32(26)27/h6-13,15H,5,14,16H2,1-4H3. The highest BCUT2D eigenvalue weighted by Gasteiger charge is 2.20. The molecule has 0 saturated carbocycles. The zero-order chi connectivity index (χ0) is 24.7. The number of fused-ring (bicyclic) bond motifs is 3. The van der Waals surface area contributed by atoms with Crippen LogP contribution in [0.5, 0.6) is 0 Å². The van der Waals surface area contributed by atoms with E-state index in [4.69, 9.17) is 0 Å². The Morgan fingerprint density at radius 3 is 2.49 bits per heavy atom. The highest BCUT2D eigenvalue weighted by Crippen LogP contribution is 2.25. The molecule has 0 aliphatic carbocycles. The monoisotopic (exact) mass is 485 g/mol. The fraction of sp³-hybridized carbons (Fsp3) is 0.259. The number of Topliss-reactive ketones (excluding diaryl/α,β-unsaturated/α-hetero) is 1. The first-order chi connectivity index (χ1) is 16.9. The van der Waals surface area contributed by atoms with Crippen molar-refractivity contribution in [2.75, 3.05) is 5.75 Å². The van der Waals surface area contributed by atoms with E-state index in [-0.39, 0.29) is 17.1 Å². The van der Waals surface area contributed by atoms with Gasteiger partial charge in [-0.1, -0.05) is 48.5 Å². The molecule has 7 nitrogen and oxygen atoms in total. The summed E-state index contributed by atoms with van der Waals surface area (Å²) in [5.41, 5.74) is 5.24. The molecule has 0 aliphatic rings. The van der Waals surface area contributed by atoms with Gasteiger partial charge in [0.05, 0.1) is 22.3 Å². The van der Waals surface area contributed by atoms with Crippen LogP contribution in [0.2, 0.25) is 0 Å². The minimum atomic E-state index is -0.152. The Bertz CT molecular complexity index is 1630. The summed E-state index contributed by atoms with van der Waals surface area (Å²) in [7, 11) is 0. The Kier molecular flexibility index (Phi) is 6.06. The summed E-state index contributed by atoms with van der Waals surface area (Å²) in [6.07, 6.45) is 1.01. The molecule has 2 aromatic carbocycles. The second kappa shape index (κ2) is 9.19. The van der Waals surface area contributed by atoms with Crippen molar-refractivity contribution in [1.29, 1.82) is 0 Å². The smallest absolute Gasteiger partial charge is 0.267 e. The van der Waals surface area contributed by atoms with E-state index < -0.39 is 0 Å². The summed E-state index contributed by atoms with van der Waals surface area (Å²) in [4.78, 5) is 26.6. The van der Waals surface area contributed by atoms with Crippen LogP contribution in [0.25, 0.3) is 22.4 Å². The van der Waals surface area contributed by atoms with Crippen LogP contribution in [0.15, 0.2) is 64.5 Å². The van der Waals surface area contributed by atoms with Gasteiger partial charge in [0.1, 0.15) is 0 Å². The second-order valence-corrected chi connectivity index (χ2v) is 9.70. The highest BCUT2D eigenvalue weighted by atomic mass is 32.2. The van der Waals surface area contributed by atoms with Crippen molar-refractivity contribution in [2.24, 2.45) is 0 Å². The number of aryl methyl sites for hydroxylation is 2. The molecule has 0 fully saturated rings. The third-order valence-corrected chi connectivity index (χ3v) is 7.27. The molecule has 178 valence electrons. The van der Waals surface area contributed by atoms with Gasteiger partial charge in [0, 0.05) is 23.5 Å². The fourth-order valence-electron chi connectivity index (χ4n) is 4.56. The maximum absolute atomic E-state index is 13.4. The summed E-state index contributed by atoms with van der Waals surface area (Å²) in [5.74, 6) is 0.710. The van der Waals surface area contributed by atoms with Crippen molar-refractivity contribution in [1.82, 2.24) is 23.7 Å². The lowest BCUT2D eigenvalue weighted by molar-refractivity contribution is 0.102. The summed E-state index contributed by atoms with van der Waals surface area (Å²) in [6.45, 7) is 9.07. The first-order valence-electron chi connectivity index (χ1n) is 11.7. The fourth-order valence-corrected chi connectivity index (χ4v) is 5.38. The molecule has 8 heteroatoms. The summed E-state index contributed by atoms with van der Waals surface area (Å²) in [6, 6.07) is 17.1. The minimum Gasteiger partial charge on any atom is -0.348 e. The van der Waals surface area contributed by atoms with Crippen LogP contribution in [-0.2, 0) is 6.54 Å². The molecule has 5 rings (SSSR count). The van der Waals surface area contributed by atoms with Crippen LogP contribution in [0, 0.1) is 20.8 Å². The molecular formula is C27H27N5O2S. The average Bonchev–Trinajstić information content (AvgIpc) is 3.40. The third kappa shape index (κ3) is 3.97. The molecule has 0 saturated heterocycles. The van der Waals surface area contributed by atoms with Gasteiger partial charge in [-0.05, 0) is 57.5 Å². The molecule has 0 spiro atoms. The molecule has 5 aromatic rings. The van der Waals surface area contributed by atoms with Gasteiger partial charge >= 0.3 is 0 Å². The number of benzene rings is 2. The molecule has 3 heterocycles. The maximum Gasteiger partial charge on any atom is 0.267 e. The Morgan fingerprint density at radius 2 is 1.74 bits per heavy atom. The molecule has 0 bridgehead atoms. The number of nitrogens with zero attached hydrogens (tertiary/aromatic N) is 5. The summed E-state index contributed by atoms with van der Waals surface area (Å²) >= 11 is 1.34. The lowest BCUT2D eigenvalue weighted by Gasteiger charge is -2.11.